The van der Waals surface area contributed by atoms with Crippen molar-refractivity contribution in [3.8, 4) is 0 Å². The van der Waals surface area contributed by atoms with E-state index in [1.54, 1.807) is 11.3 Å². The molecule has 1 heterocycles. The first-order valence-electron chi connectivity index (χ1n) is 5.93. The van der Waals surface area contributed by atoms with Gasteiger partial charge in [0.15, 0.2) is 0 Å². The summed E-state index contributed by atoms with van der Waals surface area (Å²) in [6.07, 6.45) is 8.97. The lowest BCUT2D eigenvalue weighted by atomic mass is 9.83. The molecule has 0 unspecified atom stereocenters. The Morgan fingerprint density at radius 2 is 2.27 bits per heavy atom. The van der Waals surface area contributed by atoms with Gasteiger partial charge in [-0.3, -0.25) is 4.98 Å². The van der Waals surface area contributed by atoms with Gasteiger partial charge in [0, 0.05) is 24.2 Å². The van der Waals surface area contributed by atoms with Crippen molar-refractivity contribution in [1.82, 2.24) is 10.3 Å². The SMILES string of the molecule is CCC1(CNCc2cncs2)CCCC1. The Morgan fingerprint density at radius 3 is 2.87 bits per heavy atom. The third-order valence-corrected chi connectivity index (χ3v) is 4.48. The van der Waals surface area contributed by atoms with Gasteiger partial charge >= 0.3 is 0 Å². The highest BCUT2D eigenvalue weighted by Crippen LogP contribution is 2.40. The van der Waals surface area contributed by atoms with Crippen molar-refractivity contribution < 1.29 is 0 Å². The molecule has 1 fully saturated rings. The molecule has 0 aromatic carbocycles. The lowest BCUT2D eigenvalue weighted by molar-refractivity contribution is 0.268. The molecule has 2 nitrogen and oxygen atoms in total. The summed E-state index contributed by atoms with van der Waals surface area (Å²) in [4.78, 5) is 5.44. The fourth-order valence-electron chi connectivity index (χ4n) is 2.56. The van der Waals surface area contributed by atoms with Gasteiger partial charge in [-0.2, -0.15) is 0 Å². The topological polar surface area (TPSA) is 24.9 Å². The number of rotatable bonds is 5. The van der Waals surface area contributed by atoms with E-state index in [1.807, 2.05) is 11.7 Å². The summed E-state index contributed by atoms with van der Waals surface area (Å²) < 4.78 is 0. The molecule has 84 valence electrons. The highest BCUT2D eigenvalue weighted by Gasteiger charge is 2.31. The second kappa shape index (κ2) is 5.08. The molecule has 1 aliphatic rings. The van der Waals surface area contributed by atoms with E-state index in [1.165, 1.54) is 43.5 Å². The van der Waals surface area contributed by atoms with Gasteiger partial charge in [0.2, 0.25) is 0 Å². The van der Waals surface area contributed by atoms with Crippen molar-refractivity contribution in [1.29, 1.82) is 0 Å². The maximum Gasteiger partial charge on any atom is 0.0794 e. The van der Waals surface area contributed by atoms with Crippen molar-refractivity contribution in [3.63, 3.8) is 0 Å². The number of thiazole rings is 1. The zero-order chi connectivity index (χ0) is 10.6. The van der Waals surface area contributed by atoms with Gasteiger partial charge < -0.3 is 5.32 Å². The Hall–Kier alpha value is -0.410. The lowest BCUT2D eigenvalue weighted by Crippen LogP contribution is -2.31. The molecule has 3 heteroatoms. The fourth-order valence-corrected chi connectivity index (χ4v) is 3.12. The van der Waals surface area contributed by atoms with Gasteiger partial charge in [0.05, 0.1) is 5.51 Å². The molecular formula is C12H20N2S. The first-order valence-corrected chi connectivity index (χ1v) is 6.81. The number of aromatic nitrogens is 1. The highest BCUT2D eigenvalue weighted by molar-refractivity contribution is 7.09. The normalized spacial score (nSPS) is 19.5. The Kier molecular flexibility index (Phi) is 3.76. The highest BCUT2D eigenvalue weighted by atomic mass is 32.1. The van der Waals surface area contributed by atoms with Gasteiger partial charge in [-0.15, -0.1) is 11.3 Å². The van der Waals surface area contributed by atoms with Crippen LogP contribution in [-0.2, 0) is 6.54 Å². The quantitative estimate of drug-likeness (QED) is 0.830. The van der Waals surface area contributed by atoms with Crippen LogP contribution in [-0.4, -0.2) is 11.5 Å². The molecule has 0 spiro atoms. The average molecular weight is 224 g/mol. The van der Waals surface area contributed by atoms with Crippen LogP contribution in [0.4, 0.5) is 0 Å². The first kappa shape index (κ1) is 11.1. The molecule has 0 aliphatic heterocycles. The Bertz CT molecular complexity index is 276. The molecular weight excluding hydrogens is 204 g/mol. The van der Waals surface area contributed by atoms with Crippen LogP contribution in [0.2, 0.25) is 0 Å². The van der Waals surface area contributed by atoms with E-state index in [-0.39, 0.29) is 0 Å². The van der Waals surface area contributed by atoms with Gasteiger partial charge in [-0.25, -0.2) is 0 Å². The summed E-state index contributed by atoms with van der Waals surface area (Å²) in [5.41, 5.74) is 2.51. The molecule has 1 aromatic heterocycles. The molecule has 0 bridgehead atoms. The average Bonchev–Trinajstić information content (AvgIpc) is 2.89. The van der Waals surface area contributed by atoms with Crippen LogP contribution in [0.3, 0.4) is 0 Å². The molecule has 0 atom stereocenters. The Morgan fingerprint density at radius 1 is 1.47 bits per heavy atom. The van der Waals surface area contributed by atoms with Crippen molar-refractivity contribution >= 4 is 11.3 Å². The summed E-state index contributed by atoms with van der Waals surface area (Å²) in [5, 5.41) is 3.59. The van der Waals surface area contributed by atoms with Crippen LogP contribution in [0.1, 0.15) is 43.9 Å². The minimum atomic E-state index is 0.602. The van der Waals surface area contributed by atoms with Crippen molar-refractivity contribution in [3.05, 3.63) is 16.6 Å². The van der Waals surface area contributed by atoms with E-state index in [0.717, 1.165) is 6.54 Å². The first-order chi connectivity index (χ1) is 7.35. The number of nitrogens with one attached hydrogen (secondary N) is 1. The Labute approximate surface area is 96.1 Å². The predicted octanol–water partition coefficient (Wildman–Crippen LogP) is 3.20. The van der Waals surface area contributed by atoms with E-state index < -0.39 is 0 Å². The molecule has 2 rings (SSSR count). The summed E-state index contributed by atoms with van der Waals surface area (Å²) in [7, 11) is 0. The minimum Gasteiger partial charge on any atom is -0.311 e. The maximum atomic E-state index is 4.09. The van der Waals surface area contributed by atoms with E-state index in [2.05, 4.69) is 17.2 Å². The van der Waals surface area contributed by atoms with Crippen molar-refractivity contribution in [2.75, 3.05) is 6.54 Å². The molecule has 1 N–H and O–H groups in total. The fraction of sp³-hybridized carbons (Fsp3) is 0.750. The number of hydrogen-bond donors (Lipinski definition) is 1. The molecule has 0 radical (unpaired) electrons. The zero-order valence-electron chi connectivity index (χ0n) is 9.46. The van der Waals surface area contributed by atoms with Crippen LogP contribution < -0.4 is 5.32 Å². The van der Waals surface area contributed by atoms with Gasteiger partial charge in [-0.1, -0.05) is 19.8 Å². The summed E-state index contributed by atoms with van der Waals surface area (Å²) in [6, 6.07) is 0. The second-order valence-corrected chi connectivity index (χ2v) is 5.60. The summed E-state index contributed by atoms with van der Waals surface area (Å²) >= 11 is 1.74. The van der Waals surface area contributed by atoms with Crippen molar-refractivity contribution in [2.24, 2.45) is 5.41 Å². The van der Waals surface area contributed by atoms with Crippen LogP contribution >= 0.6 is 11.3 Å². The Balaban J connectivity index is 1.77. The third-order valence-electron chi connectivity index (χ3n) is 3.70. The van der Waals surface area contributed by atoms with Crippen molar-refractivity contribution in [2.45, 2.75) is 45.6 Å². The van der Waals surface area contributed by atoms with Crippen LogP contribution in [0.25, 0.3) is 0 Å². The largest absolute Gasteiger partial charge is 0.311 e. The molecule has 1 aliphatic carbocycles. The van der Waals surface area contributed by atoms with Gasteiger partial charge in [0.25, 0.3) is 0 Å². The van der Waals surface area contributed by atoms with Crippen LogP contribution in [0.15, 0.2) is 11.7 Å². The van der Waals surface area contributed by atoms with Gasteiger partial charge in [-0.05, 0) is 24.7 Å². The number of hydrogen-bond acceptors (Lipinski definition) is 3. The molecule has 1 saturated carbocycles. The maximum absolute atomic E-state index is 4.09. The predicted molar refractivity (Wildman–Crippen MR) is 65.0 cm³/mol. The van der Waals surface area contributed by atoms with E-state index >= 15 is 0 Å². The molecule has 0 saturated heterocycles. The summed E-state index contributed by atoms with van der Waals surface area (Å²) in [6.45, 7) is 4.51. The van der Waals surface area contributed by atoms with E-state index in [4.69, 9.17) is 0 Å². The lowest BCUT2D eigenvalue weighted by Gasteiger charge is -2.27. The molecule has 15 heavy (non-hydrogen) atoms. The second-order valence-electron chi connectivity index (χ2n) is 4.63. The van der Waals surface area contributed by atoms with E-state index in [9.17, 15) is 0 Å². The standard InChI is InChI=1S/C12H20N2S/c1-2-12(5-3-4-6-12)9-13-7-11-8-14-10-15-11/h8,10,13H,2-7,9H2,1H3. The molecule has 0 amide bonds. The van der Waals surface area contributed by atoms with Crippen LogP contribution in [0.5, 0.6) is 0 Å². The number of nitrogens with zero attached hydrogens (tertiary/aromatic N) is 1. The smallest absolute Gasteiger partial charge is 0.0794 e. The van der Waals surface area contributed by atoms with Crippen LogP contribution in [0, 0.1) is 5.41 Å². The van der Waals surface area contributed by atoms with E-state index in [0.29, 0.717) is 5.41 Å². The third kappa shape index (κ3) is 2.79. The zero-order valence-corrected chi connectivity index (χ0v) is 10.3. The molecule has 1 aromatic rings. The monoisotopic (exact) mass is 224 g/mol. The minimum absolute atomic E-state index is 0.602. The van der Waals surface area contributed by atoms with Gasteiger partial charge in [0.1, 0.15) is 0 Å². The summed E-state index contributed by atoms with van der Waals surface area (Å²) in [5.74, 6) is 0.